The van der Waals surface area contributed by atoms with E-state index in [4.69, 9.17) is 11.6 Å². The van der Waals surface area contributed by atoms with Gasteiger partial charge in [0.25, 0.3) is 0 Å². The second-order valence-electron chi connectivity index (χ2n) is 4.32. The van der Waals surface area contributed by atoms with E-state index in [1.54, 1.807) is 27.9 Å². The molecular formula is C13H14ClN3O. The molecule has 94 valence electrons. The van der Waals surface area contributed by atoms with Crippen LogP contribution in [0.4, 0.5) is 0 Å². The van der Waals surface area contributed by atoms with E-state index < -0.39 is 0 Å². The number of imidazole rings is 1. The summed E-state index contributed by atoms with van der Waals surface area (Å²) in [7, 11) is 3.72. The van der Waals surface area contributed by atoms with Gasteiger partial charge in [0.1, 0.15) is 11.3 Å². The van der Waals surface area contributed by atoms with Crippen LogP contribution in [0, 0.1) is 6.92 Å². The fourth-order valence-electron chi connectivity index (χ4n) is 1.70. The van der Waals surface area contributed by atoms with Gasteiger partial charge < -0.3 is 4.90 Å². The molecule has 0 aliphatic heterocycles. The summed E-state index contributed by atoms with van der Waals surface area (Å²) in [6, 6.07) is 1.83. The average molecular weight is 264 g/mol. The highest BCUT2D eigenvalue weighted by Gasteiger charge is 2.11. The number of nitrogens with zero attached hydrogens (tertiary/aromatic N) is 3. The van der Waals surface area contributed by atoms with Gasteiger partial charge in [0.15, 0.2) is 0 Å². The third-order valence-electron chi connectivity index (χ3n) is 2.53. The normalized spacial score (nSPS) is 11.3. The summed E-state index contributed by atoms with van der Waals surface area (Å²) in [6.45, 7) is 1.91. The zero-order chi connectivity index (χ0) is 13.3. The number of ketones is 1. The summed E-state index contributed by atoms with van der Waals surface area (Å²) >= 11 is 6.00. The maximum absolute atomic E-state index is 12.0. The molecule has 5 heteroatoms. The van der Waals surface area contributed by atoms with Gasteiger partial charge in [-0.1, -0.05) is 11.6 Å². The number of allylic oxidation sites excluding steroid dienone is 1. The van der Waals surface area contributed by atoms with Crippen molar-refractivity contribution in [1.82, 2.24) is 14.3 Å². The topological polar surface area (TPSA) is 37.6 Å². The van der Waals surface area contributed by atoms with Crippen LogP contribution in [0.25, 0.3) is 5.65 Å². The first-order chi connectivity index (χ1) is 8.49. The van der Waals surface area contributed by atoms with Crippen LogP contribution in [0.5, 0.6) is 0 Å². The van der Waals surface area contributed by atoms with E-state index in [2.05, 4.69) is 4.98 Å². The minimum Gasteiger partial charge on any atom is -0.383 e. The van der Waals surface area contributed by atoms with E-state index in [1.807, 2.05) is 27.1 Å². The Balaban J connectivity index is 2.49. The van der Waals surface area contributed by atoms with Crippen LogP contribution >= 0.6 is 11.6 Å². The lowest BCUT2D eigenvalue weighted by Crippen LogP contribution is -2.05. The first-order valence-electron chi connectivity index (χ1n) is 5.51. The van der Waals surface area contributed by atoms with Crippen molar-refractivity contribution < 1.29 is 4.79 Å². The molecule has 0 amide bonds. The van der Waals surface area contributed by atoms with Gasteiger partial charge >= 0.3 is 0 Å². The summed E-state index contributed by atoms with van der Waals surface area (Å²) in [4.78, 5) is 18.1. The lowest BCUT2D eigenvalue weighted by atomic mass is 10.2. The second kappa shape index (κ2) is 4.82. The van der Waals surface area contributed by atoms with Gasteiger partial charge in [-0.3, -0.25) is 9.20 Å². The number of rotatable bonds is 3. The molecule has 2 aromatic rings. The molecule has 0 bridgehead atoms. The van der Waals surface area contributed by atoms with Gasteiger partial charge in [0.05, 0.1) is 11.2 Å². The molecule has 0 N–H and O–H groups in total. The third kappa shape index (κ3) is 2.38. The Morgan fingerprint density at radius 2 is 2.22 bits per heavy atom. The van der Waals surface area contributed by atoms with Crippen molar-refractivity contribution in [3.63, 3.8) is 0 Å². The van der Waals surface area contributed by atoms with E-state index in [1.165, 1.54) is 6.08 Å². The Bertz CT molecular complexity index is 628. The smallest absolute Gasteiger partial charge is 0.205 e. The standard InChI is InChI=1S/C13H14ClN3O/c1-9-6-10(14)8-17-11(7-15-13(9)17)12(18)4-5-16(2)3/h4-8H,1-3H3. The summed E-state index contributed by atoms with van der Waals surface area (Å²) in [6.07, 6.45) is 6.49. The Labute approximate surface area is 110 Å². The number of hydrogen-bond acceptors (Lipinski definition) is 3. The minimum absolute atomic E-state index is 0.0992. The molecule has 4 nitrogen and oxygen atoms in total. The van der Waals surface area contributed by atoms with Crippen LogP contribution in [0.1, 0.15) is 16.1 Å². The number of aryl methyl sites for hydroxylation is 1. The first-order valence-corrected chi connectivity index (χ1v) is 5.89. The molecule has 18 heavy (non-hydrogen) atoms. The van der Waals surface area contributed by atoms with Crippen molar-refractivity contribution in [2.75, 3.05) is 14.1 Å². The number of halogens is 1. The van der Waals surface area contributed by atoms with E-state index in [0.717, 1.165) is 11.2 Å². The molecule has 0 saturated carbocycles. The van der Waals surface area contributed by atoms with Gasteiger partial charge in [0.2, 0.25) is 5.78 Å². The quantitative estimate of drug-likeness (QED) is 0.631. The summed E-state index contributed by atoms with van der Waals surface area (Å²) in [5.41, 5.74) is 2.20. The van der Waals surface area contributed by atoms with Crippen molar-refractivity contribution in [3.05, 3.63) is 47.0 Å². The van der Waals surface area contributed by atoms with Gasteiger partial charge in [-0.15, -0.1) is 0 Å². The Kier molecular flexibility index (Phi) is 3.39. The van der Waals surface area contributed by atoms with Crippen molar-refractivity contribution in [3.8, 4) is 0 Å². The van der Waals surface area contributed by atoms with Gasteiger partial charge in [0, 0.05) is 32.6 Å². The Hall–Kier alpha value is -1.81. The zero-order valence-electron chi connectivity index (χ0n) is 10.5. The predicted octanol–water partition coefficient (Wildman–Crippen LogP) is 2.55. The Morgan fingerprint density at radius 1 is 1.50 bits per heavy atom. The lowest BCUT2D eigenvalue weighted by molar-refractivity contribution is 0.104. The van der Waals surface area contributed by atoms with Crippen molar-refractivity contribution in [1.29, 1.82) is 0 Å². The highest BCUT2D eigenvalue weighted by Crippen LogP contribution is 2.18. The number of fused-ring (bicyclic) bond motifs is 1. The molecule has 0 radical (unpaired) electrons. The molecule has 0 spiro atoms. The fraction of sp³-hybridized carbons (Fsp3) is 0.231. The predicted molar refractivity (Wildman–Crippen MR) is 72.1 cm³/mol. The summed E-state index contributed by atoms with van der Waals surface area (Å²) in [5.74, 6) is -0.0992. The van der Waals surface area contributed by atoms with E-state index in [9.17, 15) is 4.79 Å². The molecule has 0 unspecified atom stereocenters. The number of pyridine rings is 1. The fourth-order valence-corrected chi connectivity index (χ4v) is 1.96. The highest BCUT2D eigenvalue weighted by atomic mass is 35.5. The lowest BCUT2D eigenvalue weighted by Gasteiger charge is -2.04. The molecule has 0 aliphatic rings. The Morgan fingerprint density at radius 3 is 2.89 bits per heavy atom. The molecule has 0 atom stereocenters. The van der Waals surface area contributed by atoms with Crippen molar-refractivity contribution in [2.45, 2.75) is 6.92 Å². The second-order valence-corrected chi connectivity index (χ2v) is 4.76. The molecule has 2 aromatic heterocycles. The van der Waals surface area contributed by atoms with Crippen LogP contribution in [0.3, 0.4) is 0 Å². The third-order valence-corrected chi connectivity index (χ3v) is 2.74. The zero-order valence-corrected chi connectivity index (χ0v) is 11.3. The van der Waals surface area contributed by atoms with Crippen LogP contribution in [-0.4, -0.2) is 34.2 Å². The van der Waals surface area contributed by atoms with Crippen LogP contribution in [-0.2, 0) is 0 Å². The molecule has 0 aliphatic carbocycles. The van der Waals surface area contributed by atoms with Gasteiger partial charge in [-0.05, 0) is 18.6 Å². The minimum atomic E-state index is -0.0992. The van der Waals surface area contributed by atoms with Crippen LogP contribution in [0.2, 0.25) is 5.02 Å². The summed E-state index contributed by atoms with van der Waals surface area (Å²) < 4.78 is 1.72. The summed E-state index contributed by atoms with van der Waals surface area (Å²) in [5, 5.41) is 0.587. The monoisotopic (exact) mass is 263 g/mol. The van der Waals surface area contributed by atoms with E-state index in [0.29, 0.717) is 10.7 Å². The molecule has 0 saturated heterocycles. The molecular weight excluding hydrogens is 250 g/mol. The number of carbonyl (C=O) groups excluding carboxylic acids is 1. The van der Waals surface area contributed by atoms with Crippen molar-refractivity contribution in [2.24, 2.45) is 0 Å². The van der Waals surface area contributed by atoms with Gasteiger partial charge in [-0.25, -0.2) is 4.98 Å². The maximum Gasteiger partial charge on any atom is 0.205 e. The average Bonchev–Trinajstić information content (AvgIpc) is 2.69. The number of carbonyl (C=O) groups is 1. The van der Waals surface area contributed by atoms with Crippen LogP contribution < -0.4 is 0 Å². The first kappa shape index (κ1) is 12.6. The SMILES string of the molecule is Cc1cc(Cl)cn2c(C(=O)C=CN(C)C)cnc12. The van der Waals surface area contributed by atoms with Gasteiger partial charge in [-0.2, -0.15) is 0 Å². The van der Waals surface area contributed by atoms with E-state index in [-0.39, 0.29) is 5.78 Å². The van der Waals surface area contributed by atoms with E-state index >= 15 is 0 Å². The molecule has 0 aromatic carbocycles. The number of hydrogen-bond donors (Lipinski definition) is 0. The highest BCUT2D eigenvalue weighted by molar-refractivity contribution is 6.30. The van der Waals surface area contributed by atoms with Crippen molar-refractivity contribution >= 4 is 23.0 Å². The maximum atomic E-state index is 12.0. The molecule has 2 rings (SSSR count). The molecule has 2 heterocycles. The van der Waals surface area contributed by atoms with Crippen LogP contribution in [0.15, 0.2) is 30.7 Å². The largest absolute Gasteiger partial charge is 0.383 e. The molecule has 0 fully saturated rings. The number of aromatic nitrogens is 2.